The van der Waals surface area contributed by atoms with Gasteiger partial charge in [0.1, 0.15) is 5.70 Å². The summed E-state index contributed by atoms with van der Waals surface area (Å²) in [5.41, 5.74) is 1.78. The number of aldehydes is 1. The Hall–Kier alpha value is -1.75. The summed E-state index contributed by atoms with van der Waals surface area (Å²) in [5.74, 6) is -0.1000. The van der Waals surface area contributed by atoms with Crippen molar-refractivity contribution in [3.63, 3.8) is 0 Å². The van der Waals surface area contributed by atoms with Crippen LogP contribution in [0.15, 0.2) is 40.6 Å². The van der Waals surface area contributed by atoms with E-state index in [0.717, 1.165) is 11.2 Å². The molecule has 1 aliphatic rings. The van der Waals surface area contributed by atoms with Gasteiger partial charge in [-0.15, -0.1) is 11.8 Å². The Labute approximate surface area is 110 Å². The van der Waals surface area contributed by atoms with Crippen LogP contribution in [0.2, 0.25) is 0 Å². The summed E-state index contributed by atoms with van der Waals surface area (Å²) < 4.78 is 0. The van der Waals surface area contributed by atoms with Crippen LogP contribution in [-0.2, 0) is 4.79 Å². The molecule has 5 heteroatoms. The fraction of sp³-hybridized carbons (Fsp3) is 0.231. The minimum atomic E-state index is -0.505. The van der Waals surface area contributed by atoms with Crippen LogP contribution in [0.25, 0.3) is 0 Å². The van der Waals surface area contributed by atoms with Gasteiger partial charge in [-0.25, -0.2) is 0 Å². The SMILES string of the molecule is CSc1ccc(C(=O)C2=C(C)NC(C=O)N2)cc1. The molecule has 1 aromatic rings. The fourth-order valence-electron chi connectivity index (χ4n) is 1.80. The van der Waals surface area contributed by atoms with Gasteiger partial charge >= 0.3 is 0 Å². The maximum Gasteiger partial charge on any atom is 0.210 e. The maximum atomic E-state index is 12.2. The molecule has 1 heterocycles. The molecule has 1 aromatic carbocycles. The molecular weight excluding hydrogens is 248 g/mol. The van der Waals surface area contributed by atoms with Gasteiger partial charge in [0.05, 0.1) is 0 Å². The molecule has 1 aliphatic heterocycles. The minimum Gasteiger partial charge on any atom is -0.361 e. The lowest BCUT2D eigenvalue weighted by Gasteiger charge is -2.06. The van der Waals surface area contributed by atoms with Crippen LogP contribution in [0.1, 0.15) is 17.3 Å². The van der Waals surface area contributed by atoms with Gasteiger partial charge in [0.2, 0.25) is 5.78 Å². The molecule has 94 valence electrons. The molecule has 4 nitrogen and oxygen atoms in total. The van der Waals surface area contributed by atoms with Crippen LogP contribution in [0, 0.1) is 0 Å². The van der Waals surface area contributed by atoms with Crippen molar-refractivity contribution in [3.8, 4) is 0 Å². The van der Waals surface area contributed by atoms with E-state index in [4.69, 9.17) is 0 Å². The van der Waals surface area contributed by atoms with E-state index in [1.807, 2.05) is 18.4 Å². The number of ketones is 1. The Morgan fingerprint density at radius 1 is 1.28 bits per heavy atom. The molecule has 0 saturated carbocycles. The number of carbonyl (C=O) groups is 2. The Bertz CT molecular complexity index is 508. The first kappa shape index (κ1) is 12.7. The normalized spacial score (nSPS) is 18.2. The van der Waals surface area contributed by atoms with Gasteiger partial charge in [0, 0.05) is 16.2 Å². The van der Waals surface area contributed by atoms with E-state index >= 15 is 0 Å². The van der Waals surface area contributed by atoms with E-state index in [1.165, 1.54) is 0 Å². The highest BCUT2D eigenvalue weighted by Crippen LogP contribution is 2.18. The first-order valence-corrected chi connectivity index (χ1v) is 6.76. The Kier molecular flexibility index (Phi) is 3.72. The molecule has 18 heavy (non-hydrogen) atoms. The number of carbonyl (C=O) groups excluding carboxylic acids is 2. The van der Waals surface area contributed by atoms with Crippen molar-refractivity contribution in [3.05, 3.63) is 41.2 Å². The molecule has 0 saturated heterocycles. The third kappa shape index (κ3) is 2.41. The summed E-state index contributed by atoms with van der Waals surface area (Å²) in [6.45, 7) is 1.78. The lowest BCUT2D eigenvalue weighted by molar-refractivity contribution is -0.109. The molecule has 1 atom stereocenters. The zero-order chi connectivity index (χ0) is 13.1. The quantitative estimate of drug-likeness (QED) is 0.490. The molecule has 2 rings (SSSR count). The number of nitrogens with one attached hydrogen (secondary N) is 2. The second-order valence-corrected chi connectivity index (χ2v) is 4.84. The van der Waals surface area contributed by atoms with Crippen LogP contribution in [0.5, 0.6) is 0 Å². The first-order valence-electron chi connectivity index (χ1n) is 5.53. The third-order valence-electron chi connectivity index (χ3n) is 2.76. The van der Waals surface area contributed by atoms with E-state index in [9.17, 15) is 9.59 Å². The molecule has 0 bridgehead atoms. The van der Waals surface area contributed by atoms with E-state index in [0.29, 0.717) is 17.0 Å². The number of hydrogen-bond donors (Lipinski definition) is 2. The number of rotatable bonds is 4. The second kappa shape index (κ2) is 5.27. The zero-order valence-corrected chi connectivity index (χ0v) is 11.0. The zero-order valence-electron chi connectivity index (χ0n) is 10.2. The summed E-state index contributed by atoms with van der Waals surface area (Å²) in [4.78, 5) is 24.0. The van der Waals surface area contributed by atoms with Crippen molar-refractivity contribution in [2.24, 2.45) is 0 Å². The Morgan fingerprint density at radius 3 is 2.44 bits per heavy atom. The highest BCUT2D eigenvalue weighted by molar-refractivity contribution is 7.98. The molecule has 2 N–H and O–H groups in total. The molecule has 1 unspecified atom stereocenters. The summed E-state index contributed by atoms with van der Waals surface area (Å²) in [6.07, 6.45) is 2.22. The van der Waals surface area contributed by atoms with Crippen molar-refractivity contribution in [2.75, 3.05) is 6.26 Å². The number of benzene rings is 1. The minimum absolute atomic E-state index is 0.1000. The smallest absolute Gasteiger partial charge is 0.210 e. The standard InChI is InChI=1S/C13H14N2O2S/c1-8-12(15-11(7-16)14-8)13(17)9-3-5-10(18-2)6-4-9/h3-7,11,14-15H,1-2H3. The van der Waals surface area contributed by atoms with E-state index in [-0.39, 0.29) is 5.78 Å². The molecule has 0 amide bonds. The second-order valence-electron chi connectivity index (χ2n) is 3.96. The average molecular weight is 262 g/mol. The van der Waals surface area contributed by atoms with Gasteiger partial charge in [-0.3, -0.25) is 9.59 Å². The number of allylic oxidation sites excluding steroid dienone is 2. The summed E-state index contributed by atoms with van der Waals surface area (Å²) >= 11 is 1.63. The molecule has 0 spiro atoms. The number of thioether (sulfide) groups is 1. The fourth-order valence-corrected chi connectivity index (χ4v) is 2.20. The van der Waals surface area contributed by atoms with Crippen LogP contribution in [-0.4, -0.2) is 24.5 Å². The van der Waals surface area contributed by atoms with Crippen LogP contribution < -0.4 is 10.6 Å². The summed E-state index contributed by atoms with van der Waals surface area (Å²) in [7, 11) is 0. The summed E-state index contributed by atoms with van der Waals surface area (Å²) in [5, 5.41) is 5.77. The van der Waals surface area contributed by atoms with Crippen LogP contribution in [0.3, 0.4) is 0 Å². The van der Waals surface area contributed by atoms with Crippen molar-refractivity contribution in [1.82, 2.24) is 10.6 Å². The largest absolute Gasteiger partial charge is 0.361 e. The summed E-state index contributed by atoms with van der Waals surface area (Å²) in [6, 6.07) is 7.41. The van der Waals surface area contributed by atoms with Crippen LogP contribution >= 0.6 is 11.8 Å². The van der Waals surface area contributed by atoms with Gasteiger partial charge in [0.15, 0.2) is 12.5 Å². The Balaban J connectivity index is 2.21. The molecular formula is C13H14N2O2S. The number of Topliss-reactive ketones (excluding diaryl/α,β-unsaturated/α-hetero) is 1. The van der Waals surface area contributed by atoms with Crippen molar-refractivity contribution < 1.29 is 9.59 Å². The van der Waals surface area contributed by atoms with Gasteiger partial charge in [-0.2, -0.15) is 0 Å². The highest BCUT2D eigenvalue weighted by Gasteiger charge is 2.24. The van der Waals surface area contributed by atoms with E-state index in [1.54, 1.807) is 30.8 Å². The van der Waals surface area contributed by atoms with Crippen molar-refractivity contribution in [1.29, 1.82) is 0 Å². The number of hydrogen-bond acceptors (Lipinski definition) is 5. The molecule has 0 fully saturated rings. The maximum absolute atomic E-state index is 12.2. The van der Waals surface area contributed by atoms with Gasteiger partial charge in [-0.05, 0) is 37.4 Å². The first-order chi connectivity index (χ1) is 8.65. The van der Waals surface area contributed by atoms with Gasteiger partial charge in [0.25, 0.3) is 0 Å². The average Bonchev–Trinajstić information content (AvgIpc) is 2.79. The topological polar surface area (TPSA) is 58.2 Å². The predicted molar refractivity (Wildman–Crippen MR) is 71.4 cm³/mol. The third-order valence-corrected chi connectivity index (χ3v) is 3.51. The lowest BCUT2D eigenvalue weighted by Crippen LogP contribution is -2.35. The molecule has 0 radical (unpaired) electrons. The monoisotopic (exact) mass is 262 g/mol. The van der Waals surface area contributed by atoms with E-state index in [2.05, 4.69) is 10.6 Å². The Morgan fingerprint density at radius 2 is 1.94 bits per heavy atom. The lowest BCUT2D eigenvalue weighted by atomic mass is 10.1. The molecule has 0 aromatic heterocycles. The van der Waals surface area contributed by atoms with E-state index < -0.39 is 6.17 Å². The predicted octanol–water partition coefficient (Wildman–Crippen LogP) is 1.54. The molecule has 0 aliphatic carbocycles. The highest BCUT2D eigenvalue weighted by atomic mass is 32.2. The van der Waals surface area contributed by atoms with Crippen molar-refractivity contribution in [2.45, 2.75) is 18.0 Å². The van der Waals surface area contributed by atoms with Gasteiger partial charge in [-0.1, -0.05) is 0 Å². The van der Waals surface area contributed by atoms with Crippen molar-refractivity contribution >= 4 is 23.8 Å². The van der Waals surface area contributed by atoms with Gasteiger partial charge < -0.3 is 10.6 Å². The van der Waals surface area contributed by atoms with Crippen LogP contribution in [0.4, 0.5) is 0 Å².